The Labute approximate surface area is 101 Å². The Hall–Kier alpha value is -0.770. The molecule has 4 N–H and O–H groups in total. The van der Waals surface area contributed by atoms with Crippen molar-refractivity contribution in [2.45, 2.75) is 31.3 Å². The third-order valence-electron chi connectivity index (χ3n) is 3.32. The number of methoxy groups -OCH3 is 1. The molecule has 1 aromatic rings. The number of hydrogen-bond acceptors (Lipinski definition) is 3. The van der Waals surface area contributed by atoms with Gasteiger partial charge in [-0.05, 0) is 43.0 Å². The summed E-state index contributed by atoms with van der Waals surface area (Å²) < 4.78 is 5.16. The number of nitrogens with two attached hydrogens (primary N) is 2. The lowest BCUT2D eigenvalue weighted by atomic mass is 9.94. The van der Waals surface area contributed by atoms with E-state index in [0.29, 0.717) is 10.8 Å². The van der Waals surface area contributed by atoms with E-state index in [4.69, 9.17) is 27.8 Å². The maximum absolute atomic E-state index is 6.17. The maximum atomic E-state index is 6.17. The first-order valence-corrected chi connectivity index (χ1v) is 5.74. The molecule has 0 bridgehead atoms. The zero-order valence-corrected chi connectivity index (χ0v) is 10.3. The Morgan fingerprint density at radius 3 is 2.56 bits per heavy atom. The van der Waals surface area contributed by atoms with Crippen molar-refractivity contribution in [2.75, 3.05) is 7.11 Å². The van der Waals surface area contributed by atoms with E-state index in [1.165, 1.54) is 0 Å². The van der Waals surface area contributed by atoms with E-state index in [1.54, 1.807) is 7.11 Å². The molecule has 0 aliphatic heterocycles. The van der Waals surface area contributed by atoms with Crippen LogP contribution in [0.15, 0.2) is 12.1 Å². The van der Waals surface area contributed by atoms with E-state index < -0.39 is 0 Å². The van der Waals surface area contributed by atoms with Crippen molar-refractivity contribution in [3.63, 3.8) is 0 Å². The Morgan fingerprint density at radius 1 is 1.44 bits per heavy atom. The van der Waals surface area contributed by atoms with Gasteiger partial charge in [0.1, 0.15) is 5.75 Å². The van der Waals surface area contributed by atoms with Crippen LogP contribution in [0.5, 0.6) is 5.75 Å². The number of hydrogen-bond donors (Lipinski definition) is 2. The summed E-state index contributed by atoms with van der Waals surface area (Å²) in [6, 6.07) is 3.63. The molecule has 1 fully saturated rings. The molecule has 0 saturated heterocycles. The summed E-state index contributed by atoms with van der Waals surface area (Å²) in [6.07, 6.45) is 1.97. The molecule has 3 nitrogen and oxygen atoms in total. The molecule has 1 aromatic carbocycles. The van der Waals surface area contributed by atoms with Crippen LogP contribution in [0, 0.1) is 6.92 Å². The van der Waals surface area contributed by atoms with Gasteiger partial charge in [0.15, 0.2) is 0 Å². The molecule has 16 heavy (non-hydrogen) atoms. The molecule has 1 unspecified atom stereocenters. The zero-order chi connectivity index (χ0) is 11.9. The normalized spacial score (nSPS) is 19.3. The molecular weight excluding hydrogens is 224 g/mol. The van der Waals surface area contributed by atoms with Crippen molar-refractivity contribution in [1.82, 2.24) is 0 Å². The van der Waals surface area contributed by atoms with Crippen LogP contribution in [0.2, 0.25) is 5.02 Å². The van der Waals surface area contributed by atoms with Crippen LogP contribution < -0.4 is 16.2 Å². The molecule has 0 aromatic heterocycles. The van der Waals surface area contributed by atoms with Gasteiger partial charge in [-0.15, -0.1) is 0 Å². The minimum absolute atomic E-state index is 0.143. The van der Waals surface area contributed by atoms with Crippen molar-refractivity contribution in [2.24, 2.45) is 11.5 Å². The minimum atomic E-state index is -0.233. The van der Waals surface area contributed by atoms with Crippen LogP contribution >= 0.6 is 11.6 Å². The van der Waals surface area contributed by atoms with Crippen molar-refractivity contribution in [3.05, 3.63) is 28.3 Å². The Morgan fingerprint density at radius 2 is 2.06 bits per heavy atom. The number of benzene rings is 1. The van der Waals surface area contributed by atoms with E-state index >= 15 is 0 Å². The fraction of sp³-hybridized carbons (Fsp3) is 0.500. The molecule has 4 heteroatoms. The number of aryl methyl sites for hydroxylation is 1. The predicted molar refractivity (Wildman–Crippen MR) is 65.8 cm³/mol. The molecule has 0 radical (unpaired) electrons. The van der Waals surface area contributed by atoms with Crippen LogP contribution in [-0.4, -0.2) is 12.6 Å². The number of ether oxygens (including phenoxy) is 1. The summed E-state index contributed by atoms with van der Waals surface area (Å²) in [7, 11) is 1.60. The number of rotatable bonds is 3. The standard InChI is InChI=1S/C12H17ClN2O/c1-7-5-10(16-2)9(13)6-8(7)11(14)12(15)3-4-12/h5-6,11H,3-4,14-15H2,1-2H3. The molecule has 1 aliphatic carbocycles. The predicted octanol–water partition coefficient (Wildman–Crippen LogP) is 2.15. The van der Waals surface area contributed by atoms with Crippen molar-refractivity contribution in [3.8, 4) is 5.75 Å². The SMILES string of the molecule is COc1cc(C)c(C(N)C2(N)CC2)cc1Cl. The summed E-state index contributed by atoms with van der Waals surface area (Å²) >= 11 is 6.09. The average molecular weight is 241 g/mol. The van der Waals surface area contributed by atoms with E-state index in [1.807, 2.05) is 19.1 Å². The van der Waals surface area contributed by atoms with Crippen LogP contribution in [-0.2, 0) is 0 Å². The highest BCUT2D eigenvalue weighted by Crippen LogP contribution is 2.44. The van der Waals surface area contributed by atoms with E-state index in [2.05, 4.69) is 0 Å². The highest BCUT2D eigenvalue weighted by molar-refractivity contribution is 6.32. The molecule has 0 heterocycles. The van der Waals surface area contributed by atoms with Gasteiger partial charge in [0.25, 0.3) is 0 Å². The second-order valence-corrected chi connectivity index (χ2v) is 4.96. The number of halogens is 1. The second kappa shape index (κ2) is 3.91. The van der Waals surface area contributed by atoms with Gasteiger partial charge in [-0.25, -0.2) is 0 Å². The summed E-state index contributed by atoms with van der Waals surface area (Å²) in [5.41, 5.74) is 14.1. The lowest BCUT2D eigenvalue weighted by molar-refractivity contribution is 0.414. The van der Waals surface area contributed by atoms with Crippen LogP contribution in [0.3, 0.4) is 0 Å². The quantitative estimate of drug-likeness (QED) is 0.851. The summed E-state index contributed by atoms with van der Waals surface area (Å²) in [4.78, 5) is 0. The van der Waals surface area contributed by atoms with Gasteiger partial charge in [-0.3, -0.25) is 0 Å². The second-order valence-electron chi connectivity index (χ2n) is 4.55. The third kappa shape index (κ3) is 1.90. The van der Waals surface area contributed by atoms with Gasteiger partial charge in [-0.2, -0.15) is 0 Å². The summed E-state index contributed by atoms with van der Waals surface area (Å²) in [5, 5.41) is 0.586. The van der Waals surface area contributed by atoms with Gasteiger partial charge < -0.3 is 16.2 Å². The van der Waals surface area contributed by atoms with Gasteiger partial charge in [0.05, 0.1) is 12.1 Å². The van der Waals surface area contributed by atoms with Crippen molar-refractivity contribution < 1.29 is 4.74 Å². The molecule has 1 saturated carbocycles. The Kier molecular flexibility index (Phi) is 2.86. The van der Waals surface area contributed by atoms with Crippen LogP contribution in [0.25, 0.3) is 0 Å². The van der Waals surface area contributed by atoms with Gasteiger partial charge in [0.2, 0.25) is 0 Å². The molecule has 1 aliphatic rings. The smallest absolute Gasteiger partial charge is 0.137 e. The molecule has 88 valence electrons. The molecule has 1 atom stereocenters. The Bertz CT molecular complexity index is 416. The van der Waals surface area contributed by atoms with E-state index in [0.717, 1.165) is 24.0 Å². The summed E-state index contributed by atoms with van der Waals surface area (Å²) in [6.45, 7) is 2.00. The van der Waals surface area contributed by atoms with Crippen LogP contribution in [0.1, 0.15) is 30.0 Å². The Balaban J connectivity index is 2.38. The van der Waals surface area contributed by atoms with E-state index in [-0.39, 0.29) is 11.6 Å². The molecular formula is C12H17ClN2O. The first-order valence-electron chi connectivity index (χ1n) is 5.36. The fourth-order valence-corrected chi connectivity index (χ4v) is 2.18. The lowest BCUT2D eigenvalue weighted by Crippen LogP contribution is -2.36. The summed E-state index contributed by atoms with van der Waals surface area (Å²) in [5.74, 6) is 0.678. The van der Waals surface area contributed by atoms with Gasteiger partial charge in [-0.1, -0.05) is 11.6 Å². The van der Waals surface area contributed by atoms with E-state index in [9.17, 15) is 0 Å². The molecule has 0 amide bonds. The first kappa shape index (κ1) is 11.7. The molecule has 2 rings (SSSR count). The van der Waals surface area contributed by atoms with Crippen LogP contribution in [0.4, 0.5) is 0 Å². The maximum Gasteiger partial charge on any atom is 0.137 e. The minimum Gasteiger partial charge on any atom is -0.495 e. The van der Waals surface area contributed by atoms with Crippen molar-refractivity contribution in [1.29, 1.82) is 0 Å². The highest BCUT2D eigenvalue weighted by Gasteiger charge is 2.45. The highest BCUT2D eigenvalue weighted by atomic mass is 35.5. The third-order valence-corrected chi connectivity index (χ3v) is 3.62. The van der Waals surface area contributed by atoms with Gasteiger partial charge >= 0.3 is 0 Å². The lowest BCUT2D eigenvalue weighted by Gasteiger charge is -2.22. The molecule has 0 spiro atoms. The topological polar surface area (TPSA) is 61.3 Å². The largest absolute Gasteiger partial charge is 0.495 e. The first-order chi connectivity index (χ1) is 7.48. The van der Waals surface area contributed by atoms with Crippen molar-refractivity contribution >= 4 is 11.6 Å². The average Bonchev–Trinajstić information content (AvgIpc) is 2.99. The fourth-order valence-electron chi connectivity index (χ4n) is 1.93. The monoisotopic (exact) mass is 240 g/mol. The van der Waals surface area contributed by atoms with Gasteiger partial charge in [0, 0.05) is 11.6 Å². The zero-order valence-electron chi connectivity index (χ0n) is 9.59.